The number of rotatable bonds is 4. The Hall–Kier alpha value is -1.38. The van der Waals surface area contributed by atoms with Crippen LogP contribution in [0.15, 0.2) is 18.2 Å². The van der Waals surface area contributed by atoms with E-state index in [4.69, 9.17) is 0 Å². The monoisotopic (exact) mass is 223 g/mol. The summed E-state index contributed by atoms with van der Waals surface area (Å²) in [6.45, 7) is 6.86. The molecule has 0 aliphatic carbocycles. The van der Waals surface area contributed by atoms with Crippen molar-refractivity contribution in [1.29, 1.82) is 0 Å². The predicted molar refractivity (Wildman–Crippen MR) is 63.0 cm³/mol. The Labute approximate surface area is 96.1 Å². The van der Waals surface area contributed by atoms with Crippen LogP contribution in [0.25, 0.3) is 0 Å². The van der Waals surface area contributed by atoms with Crippen molar-refractivity contribution in [3.8, 4) is 0 Å². The summed E-state index contributed by atoms with van der Waals surface area (Å²) in [6.07, 6.45) is 0.882. The highest BCUT2D eigenvalue weighted by atomic mass is 19.1. The summed E-state index contributed by atoms with van der Waals surface area (Å²) in [7, 11) is 0. The second-order valence-corrected chi connectivity index (χ2v) is 3.82. The Balaban J connectivity index is 2.99. The van der Waals surface area contributed by atoms with Crippen molar-refractivity contribution in [2.24, 2.45) is 0 Å². The number of aryl methyl sites for hydroxylation is 1. The maximum Gasteiger partial charge on any atom is 0.256 e. The van der Waals surface area contributed by atoms with E-state index in [9.17, 15) is 9.18 Å². The molecule has 1 rings (SSSR count). The van der Waals surface area contributed by atoms with Crippen LogP contribution in [-0.4, -0.2) is 23.9 Å². The maximum atomic E-state index is 13.7. The molecule has 0 aliphatic rings. The summed E-state index contributed by atoms with van der Waals surface area (Å²) in [5, 5.41) is 0. The van der Waals surface area contributed by atoms with Crippen molar-refractivity contribution in [2.45, 2.75) is 27.2 Å². The summed E-state index contributed by atoms with van der Waals surface area (Å²) in [5.41, 5.74) is 0.689. The minimum atomic E-state index is -0.401. The Morgan fingerprint density at radius 2 is 2.06 bits per heavy atom. The molecular formula is C13H18FNO. The molecule has 16 heavy (non-hydrogen) atoms. The number of hydrogen-bond donors (Lipinski definition) is 0. The van der Waals surface area contributed by atoms with Gasteiger partial charge in [-0.15, -0.1) is 0 Å². The van der Waals surface area contributed by atoms with Crippen LogP contribution in [-0.2, 0) is 0 Å². The quantitative estimate of drug-likeness (QED) is 0.768. The lowest BCUT2D eigenvalue weighted by Crippen LogP contribution is -2.32. The van der Waals surface area contributed by atoms with Gasteiger partial charge in [-0.1, -0.05) is 19.1 Å². The normalized spacial score (nSPS) is 10.2. The summed E-state index contributed by atoms with van der Waals surface area (Å²) in [6, 6.07) is 4.93. The molecule has 0 saturated carbocycles. The lowest BCUT2D eigenvalue weighted by Gasteiger charge is -2.20. The molecule has 0 fully saturated rings. The van der Waals surface area contributed by atoms with E-state index in [1.54, 1.807) is 30.0 Å². The summed E-state index contributed by atoms with van der Waals surface area (Å²) in [5.74, 6) is -0.618. The van der Waals surface area contributed by atoms with Gasteiger partial charge in [-0.25, -0.2) is 4.39 Å². The number of carbonyl (C=O) groups is 1. The average molecular weight is 223 g/mol. The second-order valence-electron chi connectivity index (χ2n) is 3.82. The van der Waals surface area contributed by atoms with Gasteiger partial charge >= 0.3 is 0 Å². The van der Waals surface area contributed by atoms with Gasteiger partial charge < -0.3 is 4.90 Å². The molecule has 0 heterocycles. The highest BCUT2D eigenvalue weighted by molar-refractivity contribution is 5.94. The van der Waals surface area contributed by atoms with Gasteiger partial charge in [0.15, 0.2) is 0 Å². The van der Waals surface area contributed by atoms with E-state index in [0.29, 0.717) is 18.7 Å². The Kier molecular flexibility index (Phi) is 4.47. The highest BCUT2D eigenvalue weighted by Crippen LogP contribution is 2.14. The van der Waals surface area contributed by atoms with Crippen LogP contribution in [0.1, 0.15) is 36.2 Å². The van der Waals surface area contributed by atoms with E-state index in [2.05, 4.69) is 0 Å². The average Bonchev–Trinajstić information content (AvgIpc) is 2.29. The summed E-state index contributed by atoms with van der Waals surface area (Å²) < 4.78 is 13.7. The first kappa shape index (κ1) is 12.7. The molecular weight excluding hydrogens is 205 g/mol. The van der Waals surface area contributed by atoms with Crippen molar-refractivity contribution in [2.75, 3.05) is 13.1 Å². The first-order valence-electron chi connectivity index (χ1n) is 5.66. The zero-order valence-electron chi connectivity index (χ0n) is 10.1. The van der Waals surface area contributed by atoms with E-state index >= 15 is 0 Å². The van der Waals surface area contributed by atoms with Gasteiger partial charge in [-0.05, 0) is 31.9 Å². The van der Waals surface area contributed by atoms with Crippen LogP contribution in [0.2, 0.25) is 0 Å². The van der Waals surface area contributed by atoms with E-state index < -0.39 is 5.82 Å². The van der Waals surface area contributed by atoms with E-state index in [1.807, 2.05) is 13.8 Å². The minimum Gasteiger partial charge on any atom is -0.339 e. The zero-order chi connectivity index (χ0) is 12.1. The van der Waals surface area contributed by atoms with Crippen LogP contribution in [0.5, 0.6) is 0 Å². The third-order valence-electron chi connectivity index (χ3n) is 2.58. The molecule has 3 heteroatoms. The molecule has 0 radical (unpaired) electrons. The molecule has 0 aliphatic heterocycles. The van der Waals surface area contributed by atoms with Gasteiger partial charge in [-0.3, -0.25) is 4.79 Å². The molecule has 1 amide bonds. The Morgan fingerprint density at radius 3 is 2.62 bits per heavy atom. The van der Waals surface area contributed by atoms with Gasteiger partial charge in [0.25, 0.3) is 5.91 Å². The number of amides is 1. The van der Waals surface area contributed by atoms with Gasteiger partial charge in [-0.2, -0.15) is 0 Å². The molecule has 0 atom stereocenters. The van der Waals surface area contributed by atoms with Crippen LogP contribution in [0, 0.1) is 12.7 Å². The molecule has 0 unspecified atom stereocenters. The molecule has 0 N–H and O–H groups in total. The lowest BCUT2D eigenvalue weighted by molar-refractivity contribution is 0.0759. The topological polar surface area (TPSA) is 20.3 Å². The highest BCUT2D eigenvalue weighted by Gasteiger charge is 2.17. The predicted octanol–water partition coefficient (Wildman–Crippen LogP) is 3.01. The molecule has 1 aromatic rings. The van der Waals surface area contributed by atoms with E-state index in [1.165, 1.54) is 0 Å². The number of carbonyl (C=O) groups excluding carboxylic acids is 1. The number of halogens is 1. The fraction of sp³-hybridized carbons (Fsp3) is 0.462. The van der Waals surface area contributed by atoms with Crippen LogP contribution in [0.4, 0.5) is 4.39 Å². The minimum absolute atomic E-state index is 0.176. The van der Waals surface area contributed by atoms with Crippen molar-refractivity contribution < 1.29 is 9.18 Å². The van der Waals surface area contributed by atoms with Gasteiger partial charge in [0.05, 0.1) is 5.56 Å². The lowest BCUT2D eigenvalue weighted by atomic mass is 10.1. The third-order valence-corrected chi connectivity index (χ3v) is 2.58. The first-order valence-corrected chi connectivity index (χ1v) is 5.66. The van der Waals surface area contributed by atoms with E-state index in [0.717, 1.165) is 6.42 Å². The molecule has 0 saturated heterocycles. The zero-order valence-corrected chi connectivity index (χ0v) is 10.1. The summed E-state index contributed by atoms with van der Waals surface area (Å²) in [4.78, 5) is 13.7. The van der Waals surface area contributed by atoms with Crippen molar-refractivity contribution >= 4 is 5.91 Å². The molecule has 1 aromatic carbocycles. The van der Waals surface area contributed by atoms with Crippen LogP contribution in [0.3, 0.4) is 0 Å². The maximum absolute atomic E-state index is 13.7. The number of benzene rings is 1. The molecule has 88 valence electrons. The first-order chi connectivity index (χ1) is 7.61. The second kappa shape index (κ2) is 5.64. The Morgan fingerprint density at radius 1 is 1.38 bits per heavy atom. The van der Waals surface area contributed by atoms with Crippen molar-refractivity contribution in [3.05, 3.63) is 35.1 Å². The van der Waals surface area contributed by atoms with Crippen molar-refractivity contribution in [3.63, 3.8) is 0 Å². The Bertz CT molecular complexity index is 376. The van der Waals surface area contributed by atoms with Crippen LogP contribution < -0.4 is 0 Å². The number of hydrogen-bond acceptors (Lipinski definition) is 1. The van der Waals surface area contributed by atoms with Gasteiger partial charge in [0.1, 0.15) is 5.82 Å². The fourth-order valence-electron chi connectivity index (χ4n) is 1.66. The largest absolute Gasteiger partial charge is 0.339 e. The SMILES string of the molecule is CCCN(CC)C(=O)c1cccc(C)c1F. The fourth-order valence-corrected chi connectivity index (χ4v) is 1.66. The number of nitrogens with zero attached hydrogens (tertiary/aromatic N) is 1. The standard InChI is InChI=1S/C13H18FNO/c1-4-9-15(5-2)13(16)11-8-6-7-10(3)12(11)14/h6-8H,4-5,9H2,1-3H3. The molecule has 2 nitrogen and oxygen atoms in total. The molecule has 0 spiro atoms. The van der Waals surface area contributed by atoms with Crippen molar-refractivity contribution in [1.82, 2.24) is 4.90 Å². The van der Waals surface area contributed by atoms with Crippen LogP contribution >= 0.6 is 0 Å². The van der Waals surface area contributed by atoms with Gasteiger partial charge in [0, 0.05) is 13.1 Å². The molecule has 0 bridgehead atoms. The molecule has 0 aromatic heterocycles. The van der Waals surface area contributed by atoms with Gasteiger partial charge in [0.2, 0.25) is 0 Å². The van der Waals surface area contributed by atoms with E-state index in [-0.39, 0.29) is 11.5 Å². The summed E-state index contributed by atoms with van der Waals surface area (Å²) >= 11 is 0. The third kappa shape index (κ3) is 2.60. The smallest absolute Gasteiger partial charge is 0.256 e.